The topological polar surface area (TPSA) is 52.1 Å². The third-order valence-electron chi connectivity index (χ3n) is 4.85. The summed E-state index contributed by atoms with van der Waals surface area (Å²) in [6.45, 7) is 11.9. The molecule has 1 aromatic rings. The smallest absolute Gasteiger partial charge is 0.191 e. The van der Waals surface area contributed by atoms with Crippen LogP contribution in [-0.4, -0.2) is 80.8 Å². The molecule has 4 rings (SSSR count). The summed E-state index contributed by atoms with van der Waals surface area (Å²) >= 11 is 0. The molecule has 1 unspecified atom stereocenters. The second-order valence-corrected chi connectivity index (χ2v) is 6.67. The average Bonchev–Trinajstić information content (AvgIpc) is 2.67. The second kappa shape index (κ2) is 11.7. The van der Waals surface area contributed by atoms with Crippen LogP contribution < -0.4 is 10.6 Å². The number of guanidine groups is 1. The molecule has 3 saturated heterocycles. The van der Waals surface area contributed by atoms with E-state index in [1.165, 1.54) is 31.7 Å². The van der Waals surface area contributed by atoms with Gasteiger partial charge < -0.3 is 15.4 Å². The van der Waals surface area contributed by atoms with Crippen LogP contribution in [-0.2, 0) is 11.3 Å². The Hall–Kier alpha value is -0.900. The van der Waals surface area contributed by atoms with E-state index in [1.54, 1.807) is 0 Å². The first-order chi connectivity index (χ1) is 12.3. The Morgan fingerprint density at radius 1 is 1.15 bits per heavy atom. The lowest BCUT2D eigenvalue weighted by molar-refractivity contribution is 0.0174. The van der Waals surface area contributed by atoms with Crippen LogP contribution in [0.1, 0.15) is 12.5 Å². The van der Waals surface area contributed by atoms with Crippen molar-refractivity contribution >= 4 is 29.9 Å². The molecule has 0 radical (unpaired) electrons. The number of halogens is 1. The highest BCUT2D eigenvalue weighted by atomic mass is 127. The van der Waals surface area contributed by atoms with Gasteiger partial charge in [0.25, 0.3) is 0 Å². The van der Waals surface area contributed by atoms with E-state index in [2.05, 4.69) is 39.5 Å². The van der Waals surface area contributed by atoms with Gasteiger partial charge in [-0.15, -0.1) is 24.0 Å². The molecule has 146 valence electrons. The molecular formula is C19H32IN5O. The zero-order valence-corrected chi connectivity index (χ0v) is 18.0. The highest BCUT2D eigenvalue weighted by Gasteiger charge is 2.31. The van der Waals surface area contributed by atoms with Crippen LogP contribution in [0.15, 0.2) is 35.3 Å². The van der Waals surface area contributed by atoms with Gasteiger partial charge in [0.05, 0.1) is 19.8 Å². The predicted octanol–water partition coefficient (Wildman–Crippen LogP) is 1.38. The van der Waals surface area contributed by atoms with Gasteiger partial charge in [-0.05, 0) is 12.5 Å². The normalized spacial score (nSPS) is 24.8. The van der Waals surface area contributed by atoms with Gasteiger partial charge in [0, 0.05) is 51.9 Å². The Morgan fingerprint density at radius 2 is 1.92 bits per heavy atom. The van der Waals surface area contributed by atoms with Gasteiger partial charge in [0.1, 0.15) is 0 Å². The van der Waals surface area contributed by atoms with E-state index in [9.17, 15) is 0 Å². The van der Waals surface area contributed by atoms with Crippen LogP contribution in [0, 0.1) is 0 Å². The van der Waals surface area contributed by atoms with Gasteiger partial charge in [0.15, 0.2) is 5.96 Å². The number of hydrogen-bond donors (Lipinski definition) is 2. The number of ether oxygens (including phenoxy) is 1. The van der Waals surface area contributed by atoms with Crippen molar-refractivity contribution in [2.75, 3.05) is 59.0 Å². The van der Waals surface area contributed by atoms with Crippen molar-refractivity contribution in [1.82, 2.24) is 20.4 Å². The Balaban J connectivity index is 0.00000243. The maximum absolute atomic E-state index is 5.72. The molecule has 3 aliphatic heterocycles. The number of hydrogen-bond acceptors (Lipinski definition) is 4. The van der Waals surface area contributed by atoms with Crippen LogP contribution >= 0.6 is 24.0 Å². The molecular weight excluding hydrogens is 441 g/mol. The maximum atomic E-state index is 5.72. The second-order valence-electron chi connectivity index (χ2n) is 6.67. The minimum atomic E-state index is 0. The standard InChI is InChI=1S/C19H31N5O.HI/c1-2-20-19(21-8-13-25-16-17-6-4-3-5-7-17)22-14-18-15-23-9-11-24(18)12-10-23;/h3-7,18H,2,8-16H2,1H3,(H2,20,21,22);1H. The first-order valence-electron chi connectivity index (χ1n) is 9.45. The minimum absolute atomic E-state index is 0. The number of rotatable bonds is 8. The van der Waals surface area contributed by atoms with E-state index in [1.807, 2.05) is 18.2 Å². The van der Waals surface area contributed by atoms with E-state index in [0.29, 0.717) is 19.3 Å². The summed E-state index contributed by atoms with van der Waals surface area (Å²) in [6, 6.07) is 10.8. The van der Waals surface area contributed by atoms with Crippen LogP contribution in [0.5, 0.6) is 0 Å². The zero-order valence-electron chi connectivity index (χ0n) is 15.7. The summed E-state index contributed by atoms with van der Waals surface area (Å²) in [5.41, 5.74) is 1.21. The molecule has 0 aromatic heterocycles. The first-order valence-corrected chi connectivity index (χ1v) is 9.45. The number of fused-ring (bicyclic) bond motifs is 3. The Kier molecular flexibility index (Phi) is 9.66. The van der Waals surface area contributed by atoms with Crippen molar-refractivity contribution in [1.29, 1.82) is 0 Å². The molecule has 1 atom stereocenters. The van der Waals surface area contributed by atoms with E-state index in [-0.39, 0.29) is 24.0 Å². The average molecular weight is 473 g/mol. The van der Waals surface area contributed by atoms with Crippen molar-refractivity contribution in [3.8, 4) is 0 Å². The van der Waals surface area contributed by atoms with Gasteiger partial charge in [-0.25, -0.2) is 0 Å². The summed E-state index contributed by atoms with van der Waals surface area (Å²) in [4.78, 5) is 9.92. The molecule has 0 aliphatic carbocycles. The summed E-state index contributed by atoms with van der Waals surface area (Å²) in [6.07, 6.45) is 0. The van der Waals surface area contributed by atoms with Gasteiger partial charge in [-0.1, -0.05) is 30.3 Å². The first kappa shape index (κ1) is 21.4. The lowest BCUT2D eigenvalue weighted by Crippen LogP contribution is -2.62. The summed E-state index contributed by atoms with van der Waals surface area (Å²) in [7, 11) is 0. The molecule has 26 heavy (non-hydrogen) atoms. The van der Waals surface area contributed by atoms with Crippen molar-refractivity contribution in [2.24, 2.45) is 4.99 Å². The molecule has 2 N–H and O–H groups in total. The Labute approximate surface area is 174 Å². The summed E-state index contributed by atoms with van der Waals surface area (Å²) in [5.74, 6) is 0.892. The predicted molar refractivity (Wildman–Crippen MR) is 117 cm³/mol. The molecule has 3 aliphatic rings. The lowest BCUT2D eigenvalue weighted by atomic mass is 10.1. The molecule has 0 amide bonds. The van der Waals surface area contributed by atoms with E-state index >= 15 is 0 Å². The summed E-state index contributed by atoms with van der Waals surface area (Å²) < 4.78 is 5.72. The number of aliphatic imine (C=N–C) groups is 1. The van der Waals surface area contributed by atoms with Gasteiger partial charge in [0.2, 0.25) is 0 Å². The minimum Gasteiger partial charge on any atom is -0.375 e. The lowest BCUT2D eigenvalue weighted by Gasteiger charge is -2.47. The highest BCUT2D eigenvalue weighted by Crippen LogP contribution is 2.15. The third kappa shape index (κ3) is 6.68. The van der Waals surface area contributed by atoms with Crippen LogP contribution in [0.25, 0.3) is 0 Å². The molecule has 3 heterocycles. The van der Waals surface area contributed by atoms with Crippen LogP contribution in [0.4, 0.5) is 0 Å². The van der Waals surface area contributed by atoms with Gasteiger partial charge in [-0.3, -0.25) is 14.8 Å². The van der Waals surface area contributed by atoms with E-state index < -0.39 is 0 Å². The van der Waals surface area contributed by atoms with Crippen LogP contribution in [0.2, 0.25) is 0 Å². The fraction of sp³-hybridized carbons (Fsp3) is 0.632. The van der Waals surface area contributed by atoms with Crippen molar-refractivity contribution < 1.29 is 4.74 Å². The quantitative estimate of drug-likeness (QED) is 0.259. The van der Waals surface area contributed by atoms with Crippen molar-refractivity contribution in [3.05, 3.63) is 35.9 Å². The van der Waals surface area contributed by atoms with Gasteiger partial charge >= 0.3 is 0 Å². The molecule has 0 saturated carbocycles. The molecule has 0 spiro atoms. The Bertz CT molecular complexity index is 534. The van der Waals surface area contributed by atoms with E-state index in [4.69, 9.17) is 9.73 Å². The fourth-order valence-electron chi connectivity index (χ4n) is 3.44. The maximum Gasteiger partial charge on any atom is 0.191 e. The van der Waals surface area contributed by atoms with Crippen molar-refractivity contribution in [3.63, 3.8) is 0 Å². The monoisotopic (exact) mass is 473 g/mol. The molecule has 3 fully saturated rings. The third-order valence-corrected chi connectivity index (χ3v) is 4.85. The number of nitrogens with one attached hydrogen (secondary N) is 2. The largest absolute Gasteiger partial charge is 0.375 e. The highest BCUT2D eigenvalue weighted by molar-refractivity contribution is 14.0. The Morgan fingerprint density at radius 3 is 2.58 bits per heavy atom. The molecule has 2 bridgehead atoms. The number of benzene rings is 1. The molecule has 7 heteroatoms. The summed E-state index contributed by atoms with van der Waals surface area (Å²) in [5, 5.41) is 6.70. The number of piperazine rings is 3. The zero-order chi connectivity index (χ0) is 17.3. The molecule has 6 nitrogen and oxygen atoms in total. The SMILES string of the molecule is CCNC(=NCC1CN2CCN1CC2)NCCOCc1ccccc1.I. The number of nitrogens with zero attached hydrogens (tertiary/aromatic N) is 3. The van der Waals surface area contributed by atoms with Gasteiger partial charge in [-0.2, -0.15) is 0 Å². The fourth-order valence-corrected chi connectivity index (χ4v) is 3.44. The van der Waals surface area contributed by atoms with E-state index in [0.717, 1.165) is 32.1 Å². The molecule has 1 aromatic carbocycles. The van der Waals surface area contributed by atoms with Crippen LogP contribution in [0.3, 0.4) is 0 Å². The van der Waals surface area contributed by atoms with Crippen molar-refractivity contribution in [2.45, 2.75) is 19.6 Å².